The first kappa shape index (κ1) is 37.4. The van der Waals surface area contributed by atoms with Crippen molar-refractivity contribution in [3.05, 3.63) is 40.4 Å². The van der Waals surface area contributed by atoms with Gasteiger partial charge in [-0.3, -0.25) is 19.1 Å². The van der Waals surface area contributed by atoms with E-state index < -0.39 is 57.2 Å². The van der Waals surface area contributed by atoms with Crippen LogP contribution in [0.2, 0.25) is 0 Å². The number of hydrogen-bond donors (Lipinski definition) is 6. The van der Waals surface area contributed by atoms with E-state index in [0.29, 0.717) is 34.5 Å². The second-order valence-corrected chi connectivity index (χ2v) is 16.5. The molecule has 52 heavy (non-hydrogen) atoms. The molecule has 1 saturated heterocycles. The van der Waals surface area contributed by atoms with Gasteiger partial charge in [0.15, 0.2) is 16.9 Å². The zero-order chi connectivity index (χ0) is 37.8. The SMILES string of the molecule is CC1(C)[C@H](NC(=O)/C(=N\O[C@](C)(C(=O)O)[C@H]2CCc3cc(C(N)=NC4CCC5(CC4)CC(N)C5)ccc3O2)c2csc(N)n2)C(=O)N1OS(=O)(=O)O. The van der Waals surface area contributed by atoms with E-state index in [-0.39, 0.29) is 23.3 Å². The standard InChI is InChI=1S/C32H42N8O10S2/c1-30(2)24(27(42)40(30)50-52(45,46)47)38-26(41)23(20-15-51-29(35)37-20)39-49-31(3,28(43)44)22-7-5-16-12-17(4-6-21(16)48-22)25(34)36-19-8-10-32(11-9-19)13-18(33)14-32/h4,6,12,15,18-19,22,24H,5,7-11,13-14,33H2,1-3H3,(H2,34,36)(H2,35,37)(H,38,41)(H,43,44)(H,45,46,47)/b39-23-/t18?,19?,22-,24-,31+,32?/m1/s1. The lowest BCUT2D eigenvalue weighted by Gasteiger charge is -2.50. The highest BCUT2D eigenvalue weighted by molar-refractivity contribution is 7.80. The van der Waals surface area contributed by atoms with Crippen molar-refractivity contribution in [2.24, 2.45) is 27.0 Å². The molecule has 0 bridgehead atoms. The summed E-state index contributed by atoms with van der Waals surface area (Å²) in [5.74, 6) is -2.57. The Morgan fingerprint density at radius 1 is 1.21 bits per heavy atom. The predicted octanol–water partition coefficient (Wildman–Crippen LogP) is 1.28. The minimum atomic E-state index is -5.03. The molecule has 0 radical (unpaired) electrons. The number of rotatable bonds is 11. The maximum absolute atomic E-state index is 13.5. The van der Waals surface area contributed by atoms with Crippen molar-refractivity contribution in [3.63, 3.8) is 0 Å². The van der Waals surface area contributed by atoms with Crippen LogP contribution in [0, 0.1) is 5.41 Å². The summed E-state index contributed by atoms with van der Waals surface area (Å²) in [5.41, 5.74) is 16.0. The fourth-order valence-corrected chi connectivity index (χ4v) is 8.41. The van der Waals surface area contributed by atoms with E-state index in [4.69, 9.17) is 36.3 Å². The summed E-state index contributed by atoms with van der Waals surface area (Å²) in [6.45, 7) is 4.01. The zero-order valence-electron chi connectivity index (χ0n) is 28.8. The van der Waals surface area contributed by atoms with Gasteiger partial charge in [-0.25, -0.2) is 9.78 Å². The monoisotopic (exact) mass is 762 g/mol. The summed E-state index contributed by atoms with van der Waals surface area (Å²) in [6.07, 6.45) is 5.88. The van der Waals surface area contributed by atoms with Crippen molar-refractivity contribution in [3.8, 4) is 5.75 Å². The van der Waals surface area contributed by atoms with Crippen LogP contribution >= 0.6 is 11.3 Å². The van der Waals surface area contributed by atoms with Gasteiger partial charge in [-0.15, -0.1) is 15.6 Å². The van der Waals surface area contributed by atoms with Gasteiger partial charge in [0.25, 0.3) is 17.4 Å². The number of carboxylic acids is 1. The van der Waals surface area contributed by atoms with Crippen LogP contribution in [-0.4, -0.2) is 92.8 Å². The lowest BCUT2D eigenvalue weighted by molar-refractivity contribution is -0.218. The van der Waals surface area contributed by atoms with E-state index in [1.807, 2.05) is 6.07 Å². The third-order valence-electron chi connectivity index (χ3n) is 10.5. The molecule has 2 aliphatic heterocycles. The quantitative estimate of drug-likeness (QED) is 0.0619. The summed E-state index contributed by atoms with van der Waals surface area (Å²) >= 11 is 0.970. The van der Waals surface area contributed by atoms with Gasteiger partial charge >= 0.3 is 16.4 Å². The van der Waals surface area contributed by atoms with E-state index in [2.05, 4.69) is 19.7 Å². The molecule has 1 spiro atoms. The van der Waals surface area contributed by atoms with Crippen LogP contribution in [0.5, 0.6) is 5.75 Å². The molecule has 0 unspecified atom stereocenters. The number of amidine groups is 1. The van der Waals surface area contributed by atoms with Gasteiger partial charge in [-0.1, -0.05) is 5.16 Å². The number of ether oxygens (including phenoxy) is 1. The third kappa shape index (κ3) is 7.29. The number of thiazole rings is 1. The molecule has 2 saturated carbocycles. The summed E-state index contributed by atoms with van der Waals surface area (Å²) in [7, 11) is -5.03. The molecule has 6 rings (SSSR count). The number of aliphatic carboxylic acids is 1. The van der Waals surface area contributed by atoms with Gasteiger partial charge < -0.3 is 37.2 Å². The van der Waals surface area contributed by atoms with E-state index >= 15 is 0 Å². The van der Waals surface area contributed by atoms with Crippen LogP contribution in [0.4, 0.5) is 5.13 Å². The third-order valence-corrected chi connectivity index (χ3v) is 11.5. The topological polar surface area (TPSA) is 284 Å². The second-order valence-electron chi connectivity index (χ2n) is 14.6. The van der Waals surface area contributed by atoms with Gasteiger partial charge in [0.1, 0.15) is 23.3 Å². The highest BCUT2D eigenvalue weighted by Gasteiger charge is 2.58. The fraction of sp³-hybridized carbons (Fsp3) is 0.562. The smallest absolute Gasteiger partial charge is 0.418 e. The van der Waals surface area contributed by atoms with Gasteiger partial charge in [0, 0.05) is 17.0 Å². The maximum Gasteiger partial charge on any atom is 0.418 e. The zero-order valence-corrected chi connectivity index (χ0v) is 30.4. The van der Waals surface area contributed by atoms with E-state index in [1.165, 1.54) is 26.2 Å². The van der Waals surface area contributed by atoms with E-state index in [9.17, 15) is 27.9 Å². The Hall–Kier alpha value is -4.37. The van der Waals surface area contributed by atoms with Crippen molar-refractivity contribution >= 4 is 56.2 Å². The molecule has 3 fully saturated rings. The summed E-state index contributed by atoms with van der Waals surface area (Å²) < 4.78 is 41.9. The van der Waals surface area contributed by atoms with Gasteiger partial charge in [0.05, 0.1) is 11.6 Å². The molecule has 282 valence electrons. The highest BCUT2D eigenvalue weighted by atomic mass is 32.3. The minimum Gasteiger partial charge on any atom is -0.485 e. The number of aliphatic imine (C=N–C) groups is 1. The van der Waals surface area contributed by atoms with Gasteiger partial charge in [-0.05, 0) is 101 Å². The lowest BCUT2D eigenvalue weighted by Crippen LogP contribution is -2.76. The number of fused-ring (bicyclic) bond motifs is 1. The lowest BCUT2D eigenvalue weighted by atomic mass is 9.58. The van der Waals surface area contributed by atoms with Crippen molar-refractivity contribution in [2.45, 2.75) is 108 Å². The number of carbonyl (C=O) groups is 3. The predicted molar refractivity (Wildman–Crippen MR) is 187 cm³/mol. The number of hydroxylamine groups is 2. The Kier molecular flexibility index (Phi) is 9.75. The first-order valence-corrected chi connectivity index (χ1v) is 19.0. The Bertz CT molecular complexity index is 1930. The first-order chi connectivity index (χ1) is 24.3. The van der Waals surface area contributed by atoms with Crippen molar-refractivity contribution in [1.29, 1.82) is 0 Å². The summed E-state index contributed by atoms with van der Waals surface area (Å²) in [6, 6.07) is 4.49. The molecule has 1 aromatic heterocycles. The molecule has 3 heterocycles. The molecule has 2 aromatic rings. The average Bonchev–Trinajstić information content (AvgIpc) is 3.50. The molecule has 9 N–H and O–H groups in total. The number of carbonyl (C=O) groups excluding carboxylic acids is 2. The number of amides is 2. The maximum atomic E-state index is 13.5. The summed E-state index contributed by atoms with van der Waals surface area (Å²) in [5, 5.41) is 18.5. The number of β-lactam (4-membered cyclic amide) rings is 1. The molecule has 4 aliphatic rings. The number of aryl methyl sites for hydroxylation is 1. The molecule has 1 aromatic carbocycles. The number of nitrogen functional groups attached to an aromatic ring is 1. The van der Waals surface area contributed by atoms with Crippen LogP contribution in [0.15, 0.2) is 33.7 Å². The number of anilines is 1. The van der Waals surface area contributed by atoms with Crippen molar-refractivity contribution < 1.29 is 46.3 Å². The number of oxime groups is 1. The largest absolute Gasteiger partial charge is 0.485 e. The Morgan fingerprint density at radius 3 is 2.48 bits per heavy atom. The van der Waals surface area contributed by atoms with Gasteiger partial charge in [-0.2, -0.15) is 13.5 Å². The van der Waals surface area contributed by atoms with Crippen LogP contribution in [0.3, 0.4) is 0 Å². The normalized spacial score (nSPS) is 28.5. The first-order valence-electron chi connectivity index (χ1n) is 16.7. The Labute approximate surface area is 303 Å². The number of nitrogens with zero attached hydrogens (tertiary/aromatic N) is 4. The second kappa shape index (κ2) is 13.6. The van der Waals surface area contributed by atoms with E-state index in [1.54, 1.807) is 12.1 Å². The minimum absolute atomic E-state index is 0.0625. The molecule has 18 nitrogen and oxygen atoms in total. The van der Waals surface area contributed by atoms with Crippen LogP contribution in [-0.2, 0) is 40.3 Å². The number of carboxylic acid groups (broad SMARTS) is 1. The van der Waals surface area contributed by atoms with Gasteiger partial charge in [0.2, 0.25) is 0 Å². The molecule has 2 aliphatic carbocycles. The van der Waals surface area contributed by atoms with Crippen molar-refractivity contribution in [2.75, 3.05) is 5.73 Å². The molecular weight excluding hydrogens is 721 g/mol. The fourth-order valence-electron chi connectivity index (χ4n) is 7.41. The van der Waals surface area contributed by atoms with Crippen LogP contribution < -0.4 is 27.3 Å². The summed E-state index contributed by atoms with van der Waals surface area (Å²) in [4.78, 5) is 53.3. The molecule has 3 atom stereocenters. The van der Waals surface area contributed by atoms with Crippen molar-refractivity contribution in [1.82, 2.24) is 15.4 Å². The van der Waals surface area contributed by atoms with Crippen LogP contribution in [0.25, 0.3) is 0 Å². The molecule has 20 heteroatoms. The molecular formula is C32H42N8O10S2. The van der Waals surface area contributed by atoms with E-state index in [0.717, 1.165) is 61.0 Å². The number of benzene rings is 1. The molecule has 2 amide bonds. The van der Waals surface area contributed by atoms with Crippen LogP contribution in [0.1, 0.15) is 82.5 Å². The number of aromatic nitrogens is 1. The number of hydrogen-bond acceptors (Lipinski definition) is 14. The number of nitrogens with two attached hydrogens (primary N) is 3. The average molecular weight is 763 g/mol. The highest BCUT2D eigenvalue weighted by Crippen LogP contribution is 2.51. The Morgan fingerprint density at radius 2 is 1.90 bits per heavy atom. The number of nitrogens with one attached hydrogen (secondary N) is 1. The Balaban J connectivity index is 1.16.